The number of aliphatic hydroxyl groups is 2. The second-order valence-electron chi connectivity index (χ2n) is 24.2. The minimum absolute atomic E-state index is 0.0000286. The molecule has 6 heteroatoms. The van der Waals surface area contributed by atoms with E-state index in [2.05, 4.69) is 55.6 Å². The number of unbranched alkanes of at least 4 members (excludes halogenated alkanes) is 49. The highest BCUT2D eigenvalue weighted by Crippen LogP contribution is 2.19. The van der Waals surface area contributed by atoms with E-state index in [0.717, 1.165) is 51.4 Å². The van der Waals surface area contributed by atoms with Crippen LogP contribution in [0.2, 0.25) is 0 Å². The van der Waals surface area contributed by atoms with Gasteiger partial charge in [-0.3, -0.25) is 9.59 Å². The van der Waals surface area contributed by atoms with E-state index >= 15 is 0 Å². The van der Waals surface area contributed by atoms with Gasteiger partial charge in [0.1, 0.15) is 0 Å². The molecule has 0 radical (unpaired) electrons. The Kier molecular flexibility index (Phi) is 65.9. The van der Waals surface area contributed by atoms with Gasteiger partial charge < -0.3 is 20.3 Å². The zero-order valence-electron chi connectivity index (χ0n) is 52.7. The van der Waals surface area contributed by atoms with Crippen LogP contribution in [-0.2, 0) is 14.3 Å². The van der Waals surface area contributed by atoms with E-state index in [1.165, 1.54) is 302 Å². The summed E-state index contributed by atoms with van der Waals surface area (Å²) in [6.45, 7) is 4.95. The fourth-order valence-corrected chi connectivity index (χ4v) is 11.0. The lowest BCUT2D eigenvalue weighted by Gasteiger charge is -2.22. The molecule has 0 aromatic rings. The van der Waals surface area contributed by atoms with Crippen molar-refractivity contribution in [3.8, 4) is 0 Å². The molecule has 0 aliphatic heterocycles. The molecule has 2 atom stereocenters. The molecule has 0 saturated carbocycles. The summed E-state index contributed by atoms with van der Waals surface area (Å²) in [5.74, 6) is -0.0344. The number of ether oxygens (including phenoxy) is 1. The predicted molar refractivity (Wildman–Crippen MR) is 343 cm³/mol. The molecule has 0 spiro atoms. The monoisotopic (exact) mass is 1100 g/mol. The van der Waals surface area contributed by atoms with Crippen LogP contribution in [0.5, 0.6) is 0 Å². The first-order valence-electron chi connectivity index (χ1n) is 35.2. The highest BCUT2D eigenvalue weighted by Gasteiger charge is 2.20. The second kappa shape index (κ2) is 67.6. The normalized spacial score (nSPS) is 12.7. The molecule has 0 rings (SSSR count). The number of rotatable bonds is 66. The van der Waals surface area contributed by atoms with Crippen LogP contribution in [-0.4, -0.2) is 47.4 Å². The molecule has 0 aromatic heterocycles. The molecule has 460 valence electrons. The zero-order chi connectivity index (χ0) is 56.4. The Morgan fingerprint density at radius 3 is 1.01 bits per heavy atom. The summed E-state index contributed by atoms with van der Waals surface area (Å²) in [6, 6.07) is -0.545. The van der Waals surface area contributed by atoms with E-state index < -0.39 is 12.1 Å². The summed E-state index contributed by atoms with van der Waals surface area (Å²) >= 11 is 0. The van der Waals surface area contributed by atoms with E-state index in [0.29, 0.717) is 25.9 Å². The highest BCUT2D eigenvalue weighted by atomic mass is 16.5. The molecule has 1 amide bonds. The van der Waals surface area contributed by atoms with Crippen molar-refractivity contribution in [2.45, 2.75) is 398 Å². The van der Waals surface area contributed by atoms with Crippen molar-refractivity contribution in [3.63, 3.8) is 0 Å². The fourth-order valence-electron chi connectivity index (χ4n) is 11.0. The molecule has 0 bridgehead atoms. The second-order valence-corrected chi connectivity index (χ2v) is 24.2. The van der Waals surface area contributed by atoms with Crippen molar-refractivity contribution in [1.82, 2.24) is 5.32 Å². The number of amides is 1. The minimum Gasteiger partial charge on any atom is -0.466 e. The Morgan fingerprint density at radius 2 is 0.641 bits per heavy atom. The van der Waals surface area contributed by atoms with Gasteiger partial charge >= 0.3 is 5.97 Å². The van der Waals surface area contributed by atoms with E-state index in [1.807, 2.05) is 0 Å². The van der Waals surface area contributed by atoms with Gasteiger partial charge in [0.25, 0.3) is 0 Å². The molecule has 2 unspecified atom stereocenters. The lowest BCUT2D eigenvalue weighted by atomic mass is 10.0. The molecule has 0 aliphatic carbocycles. The fraction of sp³-hybridized carbons (Fsp3) is 0.889. The number of esters is 1. The van der Waals surface area contributed by atoms with Gasteiger partial charge in [-0.1, -0.05) is 326 Å². The van der Waals surface area contributed by atoms with Crippen LogP contribution in [0.25, 0.3) is 0 Å². The molecule has 0 aliphatic rings. The maximum atomic E-state index is 12.5. The van der Waals surface area contributed by atoms with Crippen LogP contribution in [0.4, 0.5) is 0 Å². The summed E-state index contributed by atoms with van der Waals surface area (Å²) in [5.41, 5.74) is 0. The summed E-state index contributed by atoms with van der Waals surface area (Å²) in [5, 5.41) is 23.4. The van der Waals surface area contributed by atoms with E-state index in [1.54, 1.807) is 0 Å². The standard InChI is InChI=1S/C72H137NO5/c1-3-5-7-9-11-13-15-17-19-20-21-27-30-33-37-40-44-48-52-56-60-64-70(75)69(68-74)73-71(76)65-61-57-53-49-45-41-38-34-31-28-25-23-22-24-26-29-32-35-39-43-47-51-55-59-63-67-78-72(77)66-62-58-54-50-46-42-36-18-16-14-12-10-8-6-4-2/h12,14,18,23,25,36,69-70,74-75H,3-11,13,15-17,19-22,24,26-35,37-68H2,1-2H3,(H,73,76)/b14-12-,25-23-,36-18-. The van der Waals surface area contributed by atoms with Crippen LogP contribution in [0.15, 0.2) is 36.5 Å². The Bertz CT molecular complexity index is 1260. The first-order chi connectivity index (χ1) is 38.5. The number of hydrogen-bond acceptors (Lipinski definition) is 5. The van der Waals surface area contributed by atoms with Crippen molar-refractivity contribution in [2.75, 3.05) is 13.2 Å². The van der Waals surface area contributed by atoms with E-state index in [-0.39, 0.29) is 18.5 Å². The van der Waals surface area contributed by atoms with E-state index in [9.17, 15) is 19.8 Å². The van der Waals surface area contributed by atoms with Crippen molar-refractivity contribution >= 4 is 11.9 Å². The van der Waals surface area contributed by atoms with Gasteiger partial charge in [0.05, 0.1) is 25.4 Å². The first-order valence-corrected chi connectivity index (χ1v) is 35.2. The summed E-state index contributed by atoms with van der Waals surface area (Å²) in [6.07, 6.45) is 86.1. The van der Waals surface area contributed by atoms with Crippen LogP contribution in [0.1, 0.15) is 386 Å². The van der Waals surface area contributed by atoms with Crippen LogP contribution >= 0.6 is 0 Å². The van der Waals surface area contributed by atoms with Crippen LogP contribution in [0, 0.1) is 0 Å². The maximum absolute atomic E-state index is 12.5. The predicted octanol–water partition coefficient (Wildman–Crippen LogP) is 22.7. The summed E-state index contributed by atoms with van der Waals surface area (Å²) < 4.78 is 5.48. The Hall–Kier alpha value is -1.92. The number of hydrogen-bond donors (Lipinski definition) is 3. The van der Waals surface area contributed by atoms with Crippen molar-refractivity contribution in [2.24, 2.45) is 0 Å². The SMILES string of the molecule is CCCCC/C=C\C/C=C\CCCCCCCC(=O)OCCCCCCCCCCCCCC/C=C\CCCCCCCCCCCC(=O)NC(CO)C(O)CCCCCCCCCCCCCCCCCCCCCCC. The molecular formula is C72H137NO5. The number of carbonyl (C=O) groups is 2. The van der Waals surface area contributed by atoms with Gasteiger partial charge in [0.2, 0.25) is 5.91 Å². The first kappa shape index (κ1) is 76.1. The molecular weight excluding hydrogens is 959 g/mol. The molecule has 78 heavy (non-hydrogen) atoms. The van der Waals surface area contributed by atoms with E-state index in [4.69, 9.17) is 4.74 Å². The topological polar surface area (TPSA) is 95.9 Å². The molecule has 3 N–H and O–H groups in total. The van der Waals surface area contributed by atoms with Crippen molar-refractivity contribution < 1.29 is 24.5 Å². The average Bonchev–Trinajstić information content (AvgIpc) is 3.44. The third kappa shape index (κ3) is 63.3. The zero-order valence-corrected chi connectivity index (χ0v) is 52.7. The number of carbonyl (C=O) groups excluding carboxylic acids is 2. The smallest absolute Gasteiger partial charge is 0.305 e. The number of aliphatic hydroxyl groups excluding tert-OH is 2. The Balaban J connectivity index is 3.40. The lowest BCUT2D eigenvalue weighted by Crippen LogP contribution is -2.45. The molecule has 0 aromatic carbocycles. The average molecular weight is 1100 g/mol. The quantitative estimate of drug-likeness (QED) is 0.0320. The largest absolute Gasteiger partial charge is 0.466 e. The van der Waals surface area contributed by atoms with Gasteiger partial charge in [0.15, 0.2) is 0 Å². The number of nitrogens with one attached hydrogen (secondary N) is 1. The van der Waals surface area contributed by atoms with Gasteiger partial charge in [-0.05, 0) is 83.5 Å². The molecule has 0 saturated heterocycles. The van der Waals surface area contributed by atoms with Gasteiger partial charge in [-0.25, -0.2) is 0 Å². The Labute approximate surface area is 487 Å². The van der Waals surface area contributed by atoms with Gasteiger partial charge in [-0.15, -0.1) is 0 Å². The molecule has 6 nitrogen and oxygen atoms in total. The van der Waals surface area contributed by atoms with Crippen LogP contribution < -0.4 is 5.32 Å². The molecule has 0 fully saturated rings. The number of allylic oxidation sites excluding steroid dienone is 6. The van der Waals surface area contributed by atoms with Crippen LogP contribution in [0.3, 0.4) is 0 Å². The summed E-state index contributed by atoms with van der Waals surface area (Å²) in [7, 11) is 0. The minimum atomic E-state index is -0.668. The van der Waals surface area contributed by atoms with Gasteiger partial charge in [0, 0.05) is 12.8 Å². The maximum Gasteiger partial charge on any atom is 0.305 e. The lowest BCUT2D eigenvalue weighted by molar-refractivity contribution is -0.143. The van der Waals surface area contributed by atoms with Crippen molar-refractivity contribution in [1.29, 1.82) is 0 Å². The highest BCUT2D eigenvalue weighted by molar-refractivity contribution is 5.76. The third-order valence-corrected chi connectivity index (χ3v) is 16.4. The third-order valence-electron chi connectivity index (χ3n) is 16.4. The van der Waals surface area contributed by atoms with Gasteiger partial charge in [-0.2, -0.15) is 0 Å². The summed E-state index contributed by atoms with van der Waals surface area (Å²) in [4.78, 5) is 24.6. The van der Waals surface area contributed by atoms with Crippen molar-refractivity contribution in [3.05, 3.63) is 36.5 Å². The molecule has 0 heterocycles. The Morgan fingerprint density at radius 1 is 0.359 bits per heavy atom.